The molecule has 0 bridgehead atoms. The number of anilines is 1. The molecule has 0 aliphatic rings. The van der Waals surface area contributed by atoms with E-state index < -0.39 is 15.9 Å². The number of carbonyl (C=O) groups excluding carboxylic acids is 1. The number of ether oxygens (including phenoxy) is 2. The number of hydrogen-bond donors (Lipinski definition) is 2. The van der Waals surface area contributed by atoms with Gasteiger partial charge >= 0.3 is 0 Å². The Bertz CT molecular complexity index is 1220. The maximum atomic E-state index is 12.4. The molecule has 11 heteroatoms. The van der Waals surface area contributed by atoms with Crippen molar-refractivity contribution in [3.8, 4) is 5.88 Å². The second kappa shape index (κ2) is 9.63. The van der Waals surface area contributed by atoms with Gasteiger partial charge in [-0.1, -0.05) is 0 Å². The zero-order chi connectivity index (χ0) is 23.5. The molecule has 2 heterocycles. The zero-order valence-corrected chi connectivity index (χ0v) is 19.5. The van der Waals surface area contributed by atoms with Gasteiger partial charge in [0.05, 0.1) is 16.9 Å². The summed E-state index contributed by atoms with van der Waals surface area (Å²) in [6, 6.07) is 7.43. The molecule has 172 valence electrons. The third kappa shape index (κ3) is 5.42. The Morgan fingerprint density at radius 3 is 2.56 bits per heavy atom. The number of pyridine rings is 1. The average molecular weight is 462 g/mol. The first-order valence-electron chi connectivity index (χ1n) is 9.95. The number of rotatable bonds is 9. The van der Waals surface area contributed by atoms with Crippen molar-refractivity contribution < 1.29 is 22.7 Å². The van der Waals surface area contributed by atoms with Crippen LogP contribution in [0.3, 0.4) is 0 Å². The first-order chi connectivity index (χ1) is 15.1. The molecule has 1 amide bonds. The van der Waals surface area contributed by atoms with E-state index in [2.05, 4.69) is 20.1 Å². The van der Waals surface area contributed by atoms with Gasteiger partial charge < -0.3 is 14.8 Å². The number of nitrogens with zero attached hydrogens (tertiary/aromatic N) is 3. The van der Waals surface area contributed by atoms with Crippen LogP contribution in [0.1, 0.15) is 18.2 Å². The van der Waals surface area contributed by atoms with E-state index in [1.807, 2.05) is 19.9 Å². The van der Waals surface area contributed by atoms with E-state index in [-0.39, 0.29) is 24.2 Å². The number of hydrogen-bond acceptors (Lipinski definition) is 7. The maximum absolute atomic E-state index is 12.4. The molecule has 1 aromatic carbocycles. The van der Waals surface area contributed by atoms with Crippen LogP contribution in [-0.2, 0) is 26.6 Å². The lowest BCUT2D eigenvalue weighted by Crippen LogP contribution is -2.35. The van der Waals surface area contributed by atoms with Gasteiger partial charge in [-0.15, -0.1) is 5.10 Å². The molecule has 0 saturated heterocycles. The van der Waals surface area contributed by atoms with Gasteiger partial charge in [0.15, 0.2) is 12.3 Å². The first kappa shape index (κ1) is 23.6. The van der Waals surface area contributed by atoms with Crippen LogP contribution in [-0.4, -0.2) is 55.5 Å². The number of amides is 1. The smallest absolute Gasteiger partial charge is 0.262 e. The molecule has 2 N–H and O–H groups in total. The quantitative estimate of drug-likeness (QED) is 0.499. The molecule has 3 rings (SSSR count). The predicted molar refractivity (Wildman–Crippen MR) is 120 cm³/mol. The Hall–Kier alpha value is -3.02. The van der Waals surface area contributed by atoms with E-state index in [0.29, 0.717) is 17.2 Å². The van der Waals surface area contributed by atoms with E-state index in [4.69, 9.17) is 9.47 Å². The van der Waals surface area contributed by atoms with Crippen molar-refractivity contribution in [2.75, 3.05) is 25.6 Å². The fourth-order valence-electron chi connectivity index (χ4n) is 3.32. The van der Waals surface area contributed by atoms with Gasteiger partial charge in [-0.2, -0.15) is 0 Å². The summed E-state index contributed by atoms with van der Waals surface area (Å²) in [5.41, 5.74) is 2.96. The molecule has 0 saturated carbocycles. The highest BCUT2D eigenvalue weighted by molar-refractivity contribution is 7.89. The number of carbonyl (C=O) groups is 1. The van der Waals surface area contributed by atoms with Crippen LogP contribution in [0.5, 0.6) is 5.88 Å². The van der Waals surface area contributed by atoms with Crippen LogP contribution in [0.25, 0.3) is 11.0 Å². The van der Waals surface area contributed by atoms with Crippen LogP contribution in [0.4, 0.5) is 5.69 Å². The van der Waals surface area contributed by atoms with Crippen molar-refractivity contribution in [3.63, 3.8) is 0 Å². The largest absolute Gasteiger partial charge is 0.466 e. The maximum Gasteiger partial charge on any atom is 0.262 e. The minimum atomic E-state index is -3.68. The van der Waals surface area contributed by atoms with Crippen molar-refractivity contribution in [2.24, 2.45) is 7.05 Å². The Morgan fingerprint density at radius 2 is 1.91 bits per heavy atom. The third-order valence-electron chi connectivity index (χ3n) is 4.65. The lowest BCUT2D eigenvalue weighted by molar-refractivity contribution is -0.118. The fourth-order valence-corrected chi connectivity index (χ4v) is 4.54. The van der Waals surface area contributed by atoms with Gasteiger partial charge in [0.1, 0.15) is 0 Å². The zero-order valence-electron chi connectivity index (χ0n) is 18.7. The standard InChI is InChI=1S/C21H27N5O5S/c1-13-10-14(2)22-20-19(13)21(24-26(20)4)31-12-18(27)23-16-6-8-17(9-7-16)32(28,29)25-15(3)11-30-5/h6-10,15,25H,11-12H2,1-5H3,(H,23,27). The molecule has 0 aliphatic carbocycles. The molecule has 10 nitrogen and oxygen atoms in total. The van der Waals surface area contributed by atoms with Gasteiger partial charge in [0.2, 0.25) is 15.9 Å². The molecule has 1 unspecified atom stereocenters. The Labute approximate surface area is 187 Å². The summed E-state index contributed by atoms with van der Waals surface area (Å²) >= 11 is 0. The van der Waals surface area contributed by atoms with Crippen LogP contribution in [0.2, 0.25) is 0 Å². The SMILES string of the molecule is COCC(C)NS(=O)(=O)c1ccc(NC(=O)COc2nn(C)c3nc(C)cc(C)c23)cc1. The van der Waals surface area contributed by atoms with Crippen LogP contribution in [0, 0.1) is 13.8 Å². The van der Waals surface area contributed by atoms with E-state index in [9.17, 15) is 13.2 Å². The third-order valence-corrected chi connectivity index (χ3v) is 6.25. The van der Waals surface area contributed by atoms with Crippen LogP contribution >= 0.6 is 0 Å². The van der Waals surface area contributed by atoms with E-state index in [1.54, 1.807) is 18.7 Å². The van der Waals surface area contributed by atoms with Crippen LogP contribution < -0.4 is 14.8 Å². The average Bonchev–Trinajstić information content (AvgIpc) is 3.02. The highest BCUT2D eigenvalue weighted by Crippen LogP contribution is 2.27. The van der Waals surface area contributed by atoms with E-state index in [0.717, 1.165) is 16.6 Å². The topological polar surface area (TPSA) is 124 Å². The number of sulfonamides is 1. The van der Waals surface area contributed by atoms with Crippen molar-refractivity contribution >= 4 is 32.7 Å². The normalized spacial score (nSPS) is 12.7. The number of nitrogens with one attached hydrogen (secondary N) is 2. The lowest BCUT2D eigenvalue weighted by atomic mass is 10.2. The molecule has 0 fully saturated rings. The van der Waals surface area contributed by atoms with E-state index in [1.165, 1.54) is 31.4 Å². The predicted octanol–water partition coefficient (Wildman–Crippen LogP) is 1.92. The Balaban J connectivity index is 1.63. The minimum absolute atomic E-state index is 0.0907. The summed E-state index contributed by atoms with van der Waals surface area (Å²) in [5.74, 6) is -0.0654. The molecule has 2 aromatic heterocycles. The highest BCUT2D eigenvalue weighted by atomic mass is 32.2. The lowest BCUT2D eigenvalue weighted by Gasteiger charge is -2.13. The molecular weight excluding hydrogens is 434 g/mol. The second-order valence-corrected chi connectivity index (χ2v) is 9.26. The van der Waals surface area contributed by atoms with Crippen molar-refractivity contribution in [2.45, 2.75) is 31.7 Å². The van der Waals surface area contributed by atoms with Gasteiger partial charge in [-0.05, 0) is 56.7 Å². The fraction of sp³-hybridized carbons (Fsp3) is 0.381. The summed E-state index contributed by atoms with van der Waals surface area (Å²) in [5, 5.41) is 7.76. The monoisotopic (exact) mass is 461 g/mol. The van der Waals surface area contributed by atoms with Gasteiger partial charge in [0, 0.05) is 31.6 Å². The summed E-state index contributed by atoms with van der Waals surface area (Å²) in [6.07, 6.45) is 0. The van der Waals surface area contributed by atoms with Crippen molar-refractivity contribution in [3.05, 3.63) is 41.6 Å². The number of methoxy groups -OCH3 is 1. The minimum Gasteiger partial charge on any atom is -0.466 e. The molecule has 1 atom stereocenters. The van der Waals surface area contributed by atoms with E-state index >= 15 is 0 Å². The highest BCUT2D eigenvalue weighted by Gasteiger charge is 2.18. The summed E-state index contributed by atoms with van der Waals surface area (Å²) in [4.78, 5) is 16.9. The van der Waals surface area contributed by atoms with Crippen molar-refractivity contribution in [1.29, 1.82) is 0 Å². The van der Waals surface area contributed by atoms with Crippen molar-refractivity contribution in [1.82, 2.24) is 19.5 Å². The number of aromatic nitrogens is 3. The van der Waals surface area contributed by atoms with Crippen LogP contribution in [0.15, 0.2) is 35.2 Å². The van der Waals surface area contributed by atoms with Gasteiger partial charge in [0.25, 0.3) is 5.91 Å². The Kier molecular flexibility index (Phi) is 7.12. The number of aryl methyl sites for hydroxylation is 3. The Morgan fingerprint density at radius 1 is 1.22 bits per heavy atom. The van der Waals surface area contributed by atoms with Gasteiger partial charge in [-0.25, -0.2) is 22.8 Å². The molecule has 0 aliphatic heterocycles. The summed E-state index contributed by atoms with van der Waals surface area (Å²) in [6.45, 7) is 5.55. The summed E-state index contributed by atoms with van der Waals surface area (Å²) in [7, 11) is -0.416. The molecule has 0 radical (unpaired) electrons. The molecule has 3 aromatic rings. The molecule has 32 heavy (non-hydrogen) atoms. The van der Waals surface area contributed by atoms with Gasteiger partial charge in [-0.3, -0.25) is 4.79 Å². The second-order valence-electron chi connectivity index (χ2n) is 7.55. The first-order valence-corrected chi connectivity index (χ1v) is 11.4. The summed E-state index contributed by atoms with van der Waals surface area (Å²) < 4.78 is 39.5. The number of benzene rings is 1. The molecule has 0 spiro atoms. The molecular formula is C21H27N5O5S. The number of fused-ring (bicyclic) bond motifs is 1.